The number of benzene rings is 1. The van der Waals surface area contributed by atoms with Crippen LogP contribution in [0.3, 0.4) is 0 Å². The third-order valence-electron chi connectivity index (χ3n) is 5.15. The SMILES string of the molecule is Cc1cccc(C(=O)N2CCC[C@@H]3CCCC[C@@H]32)c1[N+](=O)[O-]. The number of likely N-dealkylation sites (tertiary alicyclic amines) is 1. The van der Waals surface area contributed by atoms with Crippen LogP contribution in [0.1, 0.15) is 54.4 Å². The zero-order chi connectivity index (χ0) is 15.7. The number of hydrogen-bond acceptors (Lipinski definition) is 3. The molecule has 22 heavy (non-hydrogen) atoms. The Morgan fingerprint density at radius 1 is 1.23 bits per heavy atom. The van der Waals surface area contributed by atoms with Crippen molar-refractivity contribution in [3.63, 3.8) is 0 Å². The number of para-hydroxylation sites is 1. The minimum Gasteiger partial charge on any atom is -0.335 e. The Bertz CT molecular complexity index is 598. The van der Waals surface area contributed by atoms with Gasteiger partial charge in [-0.1, -0.05) is 25.0 Å². The number of fused-ring (bicyclic) bond motifs is 1. The van der Waals surface area contributed by atoms with Gasteiger partial charge in [0.2, 0.25) is 0 Å². The molecular formula is C17H22N2O3. The summed E-state index contributed by atoms with van der Waals surface area (Å²) in [5.74, 6) is 0.419. The summed E-state index contributed by atoms with van der Waals surface area (Å²) in [5.41, 5.74) is 0.759. The van der Waals surface area contributed by atoms with E-state index in [-0.39, 0.29) is 23.2 Å². The van der Waals surface area contributed by atoms with Gasteiger partial charge in [0, 0.05) is 18.2 Å². The van der Waals surface area contributed by atoms with Crippen LogP contribution in [0.25, 0.3) is 0 Å². The number of hydrogen-bond donors (Lipinski definition) is 0. The minimum atomic E-state index is -0.426. The van der Waals surface area contributed by atoms with Crippen LogP contribution in [0.15, 0.2) is 18.2 Å². The zero-order valence-electron chi connectivity index (χ0n) is 13.0. The van der Waals surface area contributed by atoms with E-state index in [9.17, 15) is 14.9 Å². The molecule has 0 aromatic heterocycles. The van der Waals surface area contributed by atoms with Crippen molar-refractivity contribution in [2.75, 3.05) is 6.54 Å². The van der Waals surface area contributed by atoms with Crippen molar-refractivity contribution >= 4 is 11.6 Å². The number of carbonyl (C=O) groups excluding carboxylic acids is 1. The third-order valence-corrected chi connectivity index (χ3v) is 5.15. The lowest BCUT2D eigenvalue weighted by atomic mass is 9.78. The van der Waals surface area contributed by atoms with Crippen molar-refractivity contribution in [1.82, 2.24) is 4.90 Å². The highest BCUT2D eigenvalue weighted by Crippen LogP contribution is 2.37. The maximum absolute atomic E-state index is 13.0. The van der Waals surface area contributed by atoms with Gasteiger partial charge in [0.05, 0.1) is 4.92 Å². The van der Waals surface area contributed by atoms with E-state index in [4.69, 9.17) is 0 Å². The van der Waals surface area contributed by atoms with Gasteiger partial charge in [0.25, 0.3) is 11.6 Å². The van der Waals surface area contributed by atoms with Gasteiger partial charge >= 0.3 is 0 Å². The quantitative estimate of drug-likeness (QED) is 0.618. The van der Waals surface area contributed by atoms with Crippen LogP contribution < -0.4 is 0 Å². The maximum Gasteiger partial charge on any atom is 0.285 e. The van der Waals surface area contributed by atoms with Crippen LogP contribution in [0, 0.1) is 23.0 Å². The summed E-state index contributed by atoms with van der Waals surface area (Å²) in [6.45, 7) is 2.42. The van der Waals surface area contributed by atoms with Crippen molar-refractivity contribution in [3.8, 4) is 0 Å². The molecule has 5 heteroatoms. The minimum absolute atomic E-state index is 0.0366. The van der Waals surface area contributed by atoms with Crippen LogP contribution in [0.4, 0.5) is 5.69 Å². The van der Waals surface area contributed by atoms with E-state index in [0.717, 1.165) is 25.8 Å². The fourth-order valence-corrected chi connectivity index (χ4v) is 4.11. The van der Waals surface area contributed by atoms with Gasteiger partial charge in [-0.05, 0) is 44.6 Å². The Morgan fingerprint density at radius 2 is 1.95 bits per heavy atom. The van der Waals surface area contributed by atoms with Crippen LogP contribution in [0.2, 0.25) is 0 Å². The van der Waals surface area contributed by atoms with E-state index in [2.05, 4.69) is 0 Å². The lowest BCUT2D eigenvalue weighted by Crippen LogP contribution is -2.49. The molecule has 5 nitrogen and oxygen atoms in total. The van der Waals surface area contributed by atoms with Crippen molar-refractivity contribution in [3.05, 3.63) is 39.4 Å². The Hall–Kier alpha value is -1.91. The molecule has 1 saturated heterocycles. The molecule has 0 radical (unpaired) electrons. The second-order valence-corrected chi connectivity index (χ2v) is 6.48. The van der Waals surface area contributed by atoms with E-state index in [0.29, 0.717) is 11.5 Å². The topological polar surface area (TPSA) is 63.5 Å². The molecule has 3 rings (SSSR count). The monoisotopic (exact) mass is 302 g/mol. The average molecular weight is 302 g/mol. The Morgan fingerprint density at radius 3 is 2.73 bits per heavy atom. The number of nitrogens with zero attached hydrogens (tertiary/aromatic N) is 2. The highest BCUT2D eigenvalue weighted by molar-refractivity contribution is 5.99. The molecule has 0 unspecified atom stereocenters. The van der Waals surface area contributed by atoms with E-state index in [1.165, 1.54) is 19.3 Å². The number of rotatable bonds is 2. The fraction of sp³-hybridized carbons (Fsp3) is 0.588. The predicted octanol–water partition coefficient (Wildman–Crippen LogP) is 3.70. The highest BCUT2D eigenvalue weighted by atomic mass is 16.6. The molecule has 0 bridgehead atoms. The number of amides is 1. The second-order valence-electron chi connectivity index (χ2n) is 6.48. The standard InChI is InChI=1S/C17H22N2O3/c1-12-6-4-9-14(16(12)19(21)22)17(20)18-11-5-8-13-7-2-3-10-15(13)18/h4,6,9,13,15H,2-3,5,7-8,10-11H2,1H3/t13-,15-/m0/s1. The first-order valence-corrected chi connectivity index (χ1v) is 8.14. The molecule has 1 aliphatic carbocycles. The molecule has 0 N–H and O–H groups in total. The summed E-state index contributed by atoms with van der Waals surface area (Å²) < 4.78 is 0. The summed E-state index contributed by atoms with van der Waals surface area (Å²) in [6.07, 6.45) is 6.81. The smallest absolute Gasteiger partial charge is 0.285 e. The number of aryl methyl sites for hydroxylation is 1. The number of piperidine rings is 1. The molecular weight excluding hydrogens is 280 g/mol. The lowest BCUT2D eigenvalue weighted by Gasteiger charge is -2.44. The van der Waals surface area contributed by atoms with E-state index in [1.54, 1.807) is 25.1 Å². The van der Waals surface area contributed by atoms with Gasteiger partial charge in [-0.3, -0.25) is 14.9 Å². The number of nitro groups is 1. The summed E-state index contributed by atoms with van der Waals surface area (Å²) >= 11 is 0. The van der Waals surface area contributed by atoms with Crippen molar-refractivity contribution in [2.45, 2.75) is 51.5 Å². The summed E-state index contributed by atoms with van der Waals surface area (Å²) in [6, 6.07) is 5.29. The van der Waals surface area contributed by atoms with E-state index >= 15 is 0 Å². The number of carbonyl (C=O) groups is 1. The van der Waals surface area contributed by atoms with E-state index in [1.807, 2.05) is 4.90 Å². The lowest BCUT2D eigenvalue weighted by molar-refractivity contribution is -0.385. The zero-order valence-corrected chi connectivity index (χ0v) is 13.0. The van der Waals surface area contributed by atoms with Crippen LogP contribution >= 0.6 is 0 Å². The Balaban J connectivity index is 1.93. The molecule has 2 fully saturated rings. The normalized spacial score (nSPS) is 24.7. The largest absolute Gasteiger partial charge is 0.335 e. The van der Waals surface area contributed by atoms with Gasteiger partial charge in [0.15, 0.2) is 0 Å². The van der Waals surface area contributed by atoms with Gasteiger partial charge in [0.1, 0.15) is 5.56 Å². The van der Waals surface area contributed by atoms with Gasteiger partial charge in [-0.15, -0.1) is 0 Å². The molecule has 1 aromatic carbocycles. The third kappa shape index (κ3) is 2.60. The molecule has 118 valence electrons. The predicted molar refractivity (Wildman–Crippen MR) is 83.8 cm³/mol. The van der Waals surface area contributed by atoms with Crippen molar-refractivity contribution in [1.29, 1.82) is 0 Å². The molecule has 1 heterocycles. The van der Waals surface area contributed by atoms with Gasteiger partial charge < -0.3 is 4.90 Å². The first-order chi connectivity index (χ1) is 10.6. The molecule has 1 saturated carbocycles. The Kier molecular flexibility index (Phi) is 4.14. The first kappa shape index (κ1) is 15.0. The molecule has 1 aromatic rings. The molecule has 1 aliphatic heterocycles. The molecule has 2 atom stereocenters. The highest BCUT2D eigenvalue weighted by Gasteiger charge is 2.37. The number of nitro benzene ring substituents is 1. The molecule has 2 aliphatic rings. The van der Waals surface area contributed by atoms with Crippen LogP contribution in [-0.4, -0.2) is 28.3 Å². The summed E-state index contributed by atoms with van der Waals surface area (Å²) in [7, 11) is 0. The van der Waals surface area contributed by atoms with E-state index < -0.39 is 4.92 Å². The maximum atomic E-state index is 13.0. The average Bonchev–Trinajstić information content (AvgIpc) is 2.53. The first-order valence-electron chi connectivity index (χ1n) is 8.14. The van der Waals surface area contributed by atoms with Crippen LogP contribution in [0.5, 0.6) is 0 Å². The fourth-order valence-electron chi connectivity index (χ4n) is 4.11. The summed E-state index contributed by atoms with van der Waals surface area (Å²) in [4.78, 5) is 25.8. The van der Waals surface area contributed by atoms with Gasteiger partial charge in [-0.2, -0.15) is 0 Å². The molecule has 1 amide bonds. The van der Waals surface area contributed by atoms with Crippen molar-refractivity contribution < 1.29 is 9.72 Å². The van der Waals surface area contributed by atoms with Gasteiger partial charge in [-0.25, -0.2) is 0 Å². The van der Waals surface area contributed by atoms with Crippen molar-refractivity contribution in [2.24, 2.45) is 5.92 Å². The Labute approximate surface area is 130 Å². The second kappa shape index (κ2) is 6.07. The van der Waals surface area contributed by atoms with Crippen LogP contribution in [-0.2, 0) is 0 Å². The summed E-state index contributed by atoms with van der Waals surface area (Å²) in [5, 5.41) is 11.3. The molecule has 0 spiro atoms.